The van der Waals surface area contributed by atoms with Gasteiger partial charge < -0.3 is 15.4 Å². The third-order valence-corrected chi connectivity index (χ3v) is 4.30. The molecule has 3 aromatic rings. The number of alkyl halides is 3. The van der Waals surface area contributed by atoms with Gasteiger partial charge in [-0.2, -0.15) is 18.4 Å². The molecule has 1 aromatic heterocycles. The highest BCUT2D eigenvalue weighted by Gasteiger charge is 2.38. The number of ether oxygens (including phenoxy) is 1. The van der Waals surface area contributed by atoms with Crippen LogP contribution in [0.15, 0.2) is 48.7 Å². The summed E-state index contributed by atoms with van der Waals surface area (Å²) in [5.74, 6) is -1.27. The average molecular weight is 482 g/mol. The van der Waals surface area contributed by atoms with Crippen LogP contribution >= 0.6 is 23.2 Å². The number of nitriles is 1. The molecule has 1 heterocycles. The maximum atomic E-state index is 13.5. The van der Waals surface area contributed by atoms with Gasteiger partial charge >= 0.3 is 12.3 Å². The Bertz CT molecular complexity index is 1160. The number of hydrogen-bond donors (Lipinski definition) is 2. The lowest BCUT2D eigenvalue weighted by Gasteiger charge is -2.14. The molecule has 0 bridgehead atoms. The lowest BCUT2D eigenvalue weighted by molar-refractivity contribution is -0.142. The van der Waals surface area contributed by atoms with E-state index in [1.165, 1.54) is 30.3 Å². The van der Waals surface area contributed by atoms with Gasteiger partial charge in [0.2, 0.25) is 5.95 Å². The maximum Gasteiger partial charge on any atom is 0.437 e. The van der Waals surface area contributed by atoms with Crippen LogP contribution < -0.4 is 15.4 Å². The lowest BCUT2D eigenvalue weighted by atomic mass is 10.1. The molecule has 0 fully saturated rings. The monoisotopic (exact) mass is 481 g/mol. The first kappa shape index (κ1) is 23.1. The van der Waals surface area contributed by atoms with E-state index >= 15 is 0 Å². The Morgan fingerprint density at radius 1 is 1.12 bits per heavy atom. The predicted molar refractivity (Wildman–Crippen MR) is 111 cm³/mol. The van der Waals surface area contributed by atoms with E-state index in [0.29, 0.717) is 11.1 Å². The molecule has 0 radical (unpaired) electrons. The second-order valence-corrected chi connectivity index (χ2v) is 7.11. The molecule has 0 aliphatic heterocycles. The van der Waals surface area contributed by atoms with E-state index in [1.807, 2.05) is 6.07 Å². The Balaban J connectivity index is 1.73. The van der Waals surface area contributed by atoms with Crippen molar-refractivity contribution >= 4 is 40.9 Å². The number of carbonyl (C=O) groups excluding carboxylic acids is 1. The minimum absolute atomic E-state index is 0.0259. The smallest absolute Gasteiger partial charge is 0.406 e. The van der Waals surface area contributed by atoms with Crippen LogP contribution in [0.3, 0.4) is 0 Å². The van der Waals surface area contributed by atoms with Gasteiger partial charge in [0, 0.05) is 22.3 Å². The highest BCUT2D eigenvalue weighted by molar-refractivity contribution is 6.35. The summed E-state index contributed by atoms with van der Waals surface area (Å²) < 4.78 is 45.2. The molecule has 0 atom stereocenters. The first-order valence-electron chi connectivity index (χ1n) is 8.76. The molecule has 0 aliphatic rings. The van der Waals surface area contributed by atoms with Gasteiger partial charge in [0.05, 0.1) is 17.8 Å². The maximum absolute atomic E-state index is 13.5. The third kappa shape index (κ3) is 6.23. The van der Waals surface area contributed by atoms with Crippen molar-refractivity contribution in [1.29, 1.82) is 5.26 Å². The molecule has 2 N–H and O–H groups in total. The Morgan fingerprint density at radius 3 is 2.38 bits per heavy atom. The van der Waals surface area contributed by atoms with Crippen molar-refractivity contribution in [3.05, 3.63) is 75.5 Å². The van der Waals surface area contributed by atoms with Gasteiger partial charge in [-0.3, -0.25) is 0 Å². The van der Waals surface area contributed by atoms with E-state index in [2.05, 4.69) is 20.6 Å². The van der Waals surface area contributed by atoms with Crippen LogP contribution in [0, 0.1) is 11.3 Å². The number of benzene rings is 2. The van der Waals surface area contributed by atoms with Gasteiger partial charge in [0.15, 0.2) is 11.4 Å². The minimum Gasteiger partial charge on any atom is -0.406 e. The first-order valence-corrected chi connectivity index (χ1v) is 9.52. The van der Waals surface area contributed by atoms with E-state index in [9.17, 15) is 18.0 Å². The fraction of sp³-hybridized carbons (Fsp3) is 0.100. The molecule has 32 heavy (non-hydrogen) atoms. The zero-order valence-electron chi connectivity index (χ0n) is 15.9. The topological polar surface area (TPSA) is 99.9 Å². The van der Waals surface area contributed by atoms with E-state index in [1.54, 1.807) is 12.1 Å². The molecule has 0 aliphatic carbocycles. The van der Waals surface area contributed by atoms with E-state index in [4.69, 9.17) is 33.2 Å². The first-order chi connectivity index (χ1) is 15.1. The Morgan fingerprint density at radius 2 is 1.78 bits per heavy atom. The number of rotatable bonds is 5. The predicted octanol–water partition coefficient (Wildman–Crippen LogP) is 5.71. The second-order valence-electron chi connectivity index (χ2n) is 6.24. The summed E-state index contributed by atoms with van der Waals surface area (Å²) in [6.07, 6.45) is -5.33. The Kier molecular flexibility index (Phi) is 7.02. The molecule has 7 nitrogen and oxygen atoms in total. The van der Waals surface area contributed by atoms with Crippen molar-refractivity contribution in [2.45, 2.75) is 12.7 Å². The number of carbonyl (C=O) groups is 1. The fourth-order valence-electron chi connectivity index (χ4n) is 2.47. The Labute approximate surface area is 189 Å². The van der Waals surface area contributed by atoms with Crippen molar-refractivity contribution in [3.8, 4) is 11.8 Å². The average Bonchev–Trinajstić information content (AvgIpc) is 2.72. The van der Waals surface area contributed by atoms with Crippen LogP contribution in [0.1, 0.15) is 16.8 Å². The summed E-state index contributed by atoms with van der Waals surface area (Å²) in [7, 11) is 0. The van der Waals surface area contributed by atoms with Crippen molar-refractivity contribution in [1.82, 2.24) is 15.3 Å². The SMILES string of the molecule is N#Cc1ccc(CNC(=O)Oc2cnc(Nc3cc(Cl)cc(Cl)c3)nc2C(F)(F)F)cc1. The highest BCUT2D eigenvalue weighted by Crippen LogP contribution is 2.35. The van der Waals surface area contributed by atoms with E-state index < -0.39 is 29.7 Å². The lowest BCUT2D eigenvalue weighted by Crippen LogP contribution is -2.27. The summed E-state index contributed by atoms with van der Waals surface area (Å²) in [6.45, 7) is -0.0259. The summed E-state index contributed by atoms with van der Waals surface area (Å²) in [5.41, 5.74) is -0.133. The molecule has 0 unspecified atom stereocenters. The second kappa shape index (κ2) is 9.72. The van der Waals surface area contributed by atoms with Crippen molar-refractivity contribution in [3.63, 3.8) is 0 Å². The highest BCUT2D eigenvalue weighted by atomic mass is 35.5. The van der Waals surface area contributed by atoms with Crippen LogP contribution in [-0.2, 0) is 12.7 Å². The number of amides is 1. The third-order valence-electron chi connectivity index (χ3n) is 3.86. The quantitative estimate of drug-likeness (QED) is 0.484. The van der Waals surface area contributed by atoms with Crippen molar-refractivity contribution < 1.29 is 22.7 Å². The molecule has 2 aromatic carbocycles. The molecule has 1 amide bonds. The van der Waals surface area contributed by atoms with Crippen LogP contribution in [0.2, 0.25) is 10.0 Å². The van der Waals surface area contributed by atoms with Crippen molar-refractivity contribution in [2.24, 2.45) is 0 Å². The summed E-state index contributed by atoms with van der Waals surface area (Å²) in [4.78, 5) is 19.2. The number of aromatic nitrogens is 2. The summed E-state index contributed by atoms with van der Waals surface area (Å²) in [5, 5.41) is 14.2. The molecule has 164 valence electrons. The normalized spacial score (nSPS) is 10.9. The molecule has 0 saturated heterocycles. The van der Waals surface area contributed by atoms with Crippen LogP contribution in [-0.4, -0.2) is 16.1 Å². The van der Waals surface area contributed by atoms with Gasteiger partial charge in [-0.25, -0.2) is 14.8 Å². The number of hydrogen-bond acceptors (Lipinski definition) is 6. The molecule has 0 saturated carbocycles. The number of halogens is 5. The van der Waals surface area contributed by atoms with E-state index in [-0.39, 0.29) is 22.3 Å². The van der Waals surface area contributed by atoms with Gasteiger partial charge in [-0.05, 0) is 35.9 Å². The number of nitrogens with one attached hydrogen (secondary N) is 2. The largest absolute Gasteiger partial charge is 0.437 e. The standard InChI is InChI=1S/C20H12Cl2F3N5O2/c21-13-5-14(22)7-15(6-13)29-18-27-10-16(17(30-18)20(23,24)25)32-19(31)28-9-12-3-1-11(8-26)2-4-12/h1-7,10H,9H2,(H,28,31)(H,27,29,30). The zero-order chi connectivity index (χ0) is 23.3. The van der Waals surface area contributed by atoms with Gasteiger partial charge in [-0.1, -0.05) is 35.3 Å². The van der Waals surface area contributed by atoms with Gasteiger partial charge in [0.1, 0.15) is 0 Å². The van der Waals surface area contributed by atoms with E-state index in [0.717, 1.165) is 6.20 Å². The van der Waals surface area contributed by atoms with Crippen LogP contribution in [0.25, 0.3) is 0 Å². The molecule has 0 spiro atoms. The van der Waals surface area contributed by atoms with Crippen LogP contribution in [0.4, 0.5) is 29.6 Å². The number of anilines is 2. The van der Waals surface area contributed by atoms with Crippen LogP contribution in [0.5, 0.6) is 5.75 Å². The summed E-state index contributed by atoms with van der Waals surface area (Å²) in [6, 6.07) is 12.5. The minimum atomic E-state index is -4.92. The fourth-order valence-corrected chi connectivity index (χ4v) is 3.00. The number of nitrogens with zero attached hydrogens (tertiary/aromatic N) is 3. The zero-order valence-corrected chi connectivity index (χ0v) is 17.4. The Hall–Kier alpha value is -3.55. The van der Waals surface area contributed by atoms with Crippen molar-refractivity contribution in [2.75, 3.05) is 5.32 Å². The molecular weight excluding hydrogens is 470 g/mol. The molecule has 3 rings (SSSR count). The van der Waals surface area contributed by atoms with Gasteiger partial charge in [0.25, 0.3) is 0 Å². The summed E-state index contributed by atoms with van der Waals surface area (Å²) >= 11 is 11.7. The molecule has 12 heteroatoms. The van der Waals surface area contributed by atoms with Gasteiger partial charge in [-0.15, -0.1) is 0 Å². The molecular formula is C20H12Cl2F3N5O2.